The molecule has 2 rings (SSSR count). The summed E-state index contributed by atoms with van der Waals surface area (Å²) in [5.41, 5.74) is 0.912. The van der Waals surface area contributed by atoms with Crippen LogP contribution in [0.1, 0.15) is 27.1 Å². The summed E-state index contributed by atoms with van der Waals surface area (Å²) in [6.45, 7) is -0.260. The SMILES string of the molecule is NNOC(=O)CCN1C(=O)c2cccc([N+](=O)[O-])c2C1=O. The first-order valence-corrected chi connectivity index (χ1v) is 5.76. The highest BCUT2D eigenvalue weighted by molar-refractivity contribution is 6.23. The van der Waals surface area contributed by atoms with Gasteiger partial charge in [0.25, 0.3) is 17.5 Å². The number of carbonyl (C=O) groups is 3. The molecule has 0 atom stereocenters. The van der Waals surface area contributed by atoms with Gasteiger partial charge in [0.1, 0.15) is 5.56 Å². The molecule has 10 heteroatoms. The van der Waals surface area contributed by atoms with E-state index in [1.807, 2.05) is 0 Å². The van der Waals surface area contributed by atoms with Gasteiger partial charge in [-0.2, -0.15) is 0 Å². The average molecular weight is 294 g/mol. The lowest BCUT2D eigenvalue weighted by Crippen LogP contribution is -2.34. The molecule has 0 bridgehead atoms. The molecule has 0 unspecified atom stereocenters. The summed E-state index contributed by atoms with van der Waals surface area (Å²) in [5, 5.41) is 10.9. The number of nitrogens with two attached hydrogens (primary N) is 1. The number of nitrogens with one attached hydrogen (secondary N) is 1. The average Bonchev–Trinajstić information content (AvgIpc) is 2.69. The second-order valence-electron chi connectivity index (χ2n) is 4.06. The molecule has 1 aromatic carbocycles. The Morgan fingerprint density at radius 3 is 2.71 bits per heavy atom. The Bertz CT molecular complexity index is 644. The third kappa shape index (κ3) is 2.57. The van der Waals surface area contributed by atoms with Gasteiger partial charge >= 0.3 is 5.97 Å². The van der Waals surface area contributed by atoms with Crippen molar-refractivity contribution in [1.29, 1.82) is 0 Å². The molecule has 21 heavy (non-hydrogen) atoms. The number of rotatable bonds is 5. The molecule has 3 N–H and O–H groups in total. The maximum absolute atomic E-state index is 12.1. The number of hydrogen-bond acceptors (Lipinski definition) is 8. The minimum atomic E-state index is -0.809. The van der Waals surface area contributed by atoms with Gasteiger partial charge in [0.05, 0.1) is 16.9 Å². The Morgan fingerprint density at radius 2 is 2.10 bits per heavy atom. The Morgan fingerprint density at radius 1 is 1.38 bits per heavy atom. The number of nitro groups is 1. The smallest absolute Gasteiger partial charge is 0.328 e. The predicted molar refractivity (Wildman–Crippen MR) is 66.5 cm³/mol. The quantitative estimate of drug-likeness (QED) is 0.320. The van der Waals surface area contributed by atoms with Crippen LogP contribution >= 0.6 is 0 Å². The summed E-state index contributed by atoms with van der Waals surface area (Å²) in [6.07, 6.45) is -0.288. The van der Waals surface area contributed by atoms with Gasteiger partial charge < -0.3 is 4.84 Å². The van der Waals surface area contributed by atoms with Crippen LogP contribution in [0.2, 0.25) is 0 Å². The zero-order chi connectivity index (χ0) is 15.6. The topological polar surface area (TPSA) is 145 Å². The molecule has 0 spiro atoms. The third-order valence-corrected chi connectivity index (χ3v) is 2.89. The van der Waals surface area contributed by atoms with E-state index in [-0.39, 0.29) is 24.1 Å². The fourth-order valence-corrected chi connectivity index (χ4v) is 1.99. The number of fused-ring (bicyclic) bond motifs is 1. The number of hydrazine groups is 1. The maximum Gasteiger partial charge on any atom is 0.328 e. The number of amides is 2. The van der Waals surface area contributed by atoms with Crippen LogP contribution in [0.15, 0.2) is 18.2 Å². The van der Waals surface area contributed by atoms with Crippen molar-refractivity contribution in [1.82, 2.24) is 10.5 Å². The molecule has 0 saturated heterocycles. The van der Waals surface area contributed by atoms with Crippen LogP contribution in [0, 0.1) is 10.1 Å². The standard InChI is InChI=1S/C11H10N4O6/c12-13-21-8(16)4-5-14-10(17)6-2-1-3-7(15(19)20)9(6)11(14)18/h1-3,13H,4-5,12H2. The van der Waals surface area contributed by atoms with E-state index < -0.39 is 28.4 Å². The van der Waals surface area contributed by atoms with Crippen molar-refractivity contribution in [2.24, 2.45) is 5.84 Å². The van der Waals surface area contributed by atoms with Crippen LogP contribution in [0.25, 0.3) is 0 Å². The molecule has 110 valence electrons. The number of benzene rings is 1. The van der Waals surface area contributed by atoms with E-state index in [9.17, 15) is 24.5 Å². The Labute approximate surface area is 117 Å². The summed E-state index contributed by atoms with van der Waals surface area (Å²) < 4.78 is 0. The van der Waals surface area contributed by atoms with Gasteiger partial charge in [-0.1, -0.05) is 11.7 Å². The number of hydrogen-bond donors (Lipinski definition) is 2. The van der Waals surface area contributed by atoms with Crippen molar-refractivity contribution >= 4 is 23.5 Å². The second kappa shape index (κ2) is 5.64. The lowest BCUT2D eigenvalue weighted by molar-refractivity contribution is -0.385. The van der Waals surface area contributed by atoms with E-state index in [0.717, 1.165) is 11.0 Å². The molecule has 1 aromatic rings. The van der Waals surface area contributed by atoms with Crippen LogP contribution in [0.5, 0.6) is 0 Å². The van der Waals surface area contributed by atoms with Crippen LogP contribution in [0.4, 0.5) is 5.69 Å². The molecule has 0 radical (unpaired) electrons. The lowest BCUT2D eigenvalue weighted by atomic mass is 10.1. The van der Waals surface area contributed by atoms with E-state index in [4.69, 9.17) is 5.84 Å². The van der Waals surface area contributed by atoms with Crippen molar-refractivity contribution in [2.75, 3.05) is 6.54 Å². The first-order chi connectivity index (χ1) is 9.97. The van der Waals surface area contributed by atoms with Gasteiger partial charge in [0.15, 0.2) is 0 Å². The summed E-state index contributed by atoms with van der Waals surface area (Å²) >= 11 is 0. The largest absolute Gasteiger partial charge is 0.356 e. The van der Waals surface area contributed by atoms with Gasteiger partial charge in [0, 0.05) is 12.6 Å². The van der Waals surface area contributed by atoms with Crippen molar-refractivity contribution in [2.45, 2.75) is 6.42 Å². The molecule has 0 saturated carbocycles. The molecule has 0 aromatic heterocycles. The van der Waals surface area contributed by atoms with Crippen molar-refractivity contribution in [3.63, 3.8) is 0 Å². The highest BCUT2D eigenvalue weighted by Crippen LogP contribution is 2.30. The van der Waals surface area contributed by atoms with Gasteiger partial charge in [-0.3, -0.25) is 29.4 Å². The summed E-state index contributed by atoms with van der Waals surface area (Å²) in [4.78, 5) is 50.5. The normalized spacial score (nSPS) is 13.3. The maximum atomic E-state index is 12.1. The Hall–Kier alpha value is -2.85. The molecular weight excluding hydrogens is 284 g/mol. The van der Waals surface area contributed by atoms with Crippen LogP contribution in [-0.2, 0) is 9.63 Å². The van der Waals surface area contributed by atoms with E-state index >= 15 is 0 Å². The summed E-state index contributed by atoms with van der Waals surface area (Å²) in [7, 11) is 0. The molecular formula is C11H10N4O6. The van der Waals surface area contributed by atoms with Gasteiger partial charge in [0.2, 0.25) is 0 Å². The first-order valence-electron chi connectivity index (χ1n) is 5.76. The fourth-order valence-electron chi connectivity index (χ4n) is 1.99. The third-order valence-electron chi connectivity index (χ3n) is 2.89. The second-order valence-corrected chi connectivity index (χ2v) is 4.06. The number of nitrogens with zero attached hydrogens (tertiary/aromatic N) is 2. The highest BCUT2D eigenvalue weighted by atomic mass is 16.7. The first kappa shape index (κ1) is 14.6. The number of nitro benzene ring substituents is 1. The van der Waals surface area contributed by atoms with E-state index in [1.165, 1.54) is 12.1 Å². The van der Waals surface area contributed by atoms with Crippen molar-refractivity contribution in [3.8, 4) is 0 Å². The number of carbonyl (C=O) groups excluding carboxylic acids is 3. The Balaban J connectivity index is 2.24. The lowest BCUT2D eigenvalue weighted by Gasteiger charge is -2.12. The van der Waals surface area contributed by atoms with Gasteiger partial charge in [-0.25, -0.2) is 5.84 Å². The molecule has 2 amide bonds. The van der Waals surface area contributed by atoms with E-state index in [0.29, 0.717) is 0 Å². The van der Waals surface area contributed by atoms with Crippen molar-refractivity contribution in [3.05, 3.63) is 39.4 Å². The van der Waals surface area contributed by atoms with Crippen molar-refractivity contribution < 1.29 is 24.1 Å². The molecule has 1 aliphatic heterocycles. The highest BCUT2D eigenvalue weighted by Gasteiger charge is 2.40. The van der Waals surface area contributed by atoms with Gasteiger partial charge in [-0.05, 0) is 6.07 Å². The molecule has 0 fully saturated rings. The Kier molecular flexibility index (Phi) is 3.91. The monoisotopic (exact) mass is 294 g/mol. The predicted octanol–water partition coefficient (Wildman–Crippen LogP) is -0.498. The summed E-state index contributed by atoms with van der Waals surface area (Å²) in [6, 6.07) is 3.78. The molecule has 10 nitrogen and oxygen atoms in total. The van der Waals surface area contributed by atoms with Crippen LogP contribution in [-0.4, -0.2) is 34.2 Å². The zero-order valence-electron chi connectivity index (χ0n) is 10.6. The summed E-state index contributed by atoms with van der Waals surface area (Å²) in [5.74, 6) is 2.50. The zero-order valence-corrected chi connectivity index (χ0v) is 10.6. The van der Waals surface area contributed by atoms with Crippen LogP contribution < -0.4 is 11.4 Å². The minimum Gasteiger partial charge on any atom is -0.356 e. The van der Waals surface area contributed by atoms with Gasteiger partial charge in [-0.15, -0.1) is 0 Å². The van der Waals surface area contributed by atoms with E-state index in [1.54, 1.807) is 5.59 Å². The molecule has 1 aliphatic rings. The molecule has 1 heterocycles. The van der Waals surface area contributed by atoms with E-state index in [2.05, 4.69) is 4.84 Å². The van der Waals surface area contributed by atoms with Crippen LogP contribution in [0.3, 0.4) is 0 Å². The number of imide groups is 1. The fraction of sp³-hybridized carbons (Fsp3) is 0.182. The minimum absolute atomic E-state index is 0.0560. The molecule has 0 aliphatic carbocycles.